The summed E-state index contributed by atoms with van der Waals surface area (Å²) in [7, 11) is 0. The number of carbonyl (C=O) groups is 1. The summed E-state index contributed by atoms with van der Waals surface area (Å²) in [5, 5.41) is 15.1. The summed E-state index contributed by atoms with van der Waals surface area (Å²) in [6.07, 6.45) is 0.0527. The second-order valence-electron chi connectivity index (χ2n) is 7.28. The van der Waals surface area contributed by atoms with E-state index in [2.05, 4.69) is 10.6 Å². The zero-order chi connectivity index (χ0) is 23.1. The zero-order valence-electron chi connectivity index (χ0n) is 17.0. The second-order valence-corrected chi connectivity index (χ2v) is 7.28. The maximum absolute atomic E-state index is 14.3. The van der Waals surface area contributed by atoms with Crippen LogP contribution in [0.3, 0.4) is 0 Å². The van der Waals surface area contributed by atoms with Gasteiger partial charge in [0.2, 0.25) is 0 Å². The van der Waals surface area contributed by atoms with Crippen molar-refractivity contribution in [3.8, 4) is 5.75 Å². The first kappa shape index (κ1) is 23.1. The number of phenols is 1. The van der Waals surface area contributed by atoms with E-state index < -0.39 is 42.3 Å². The van der Waals surface area contributed by atoms with Crippen LogP contribution in [-0.2, 0) is 18.6 Å². The number of benzene rings is 3. The fourth-order valence-electron chi connectivity index (χ4n) is 3.62. The number of hydrogen-bond acceptors (Lipinski definition) is 2. The maximum Gasteiger partial charge on any atom is 0.315 e. The van der Waals surface area contributed by atoms with E-state index in [1.165, 1.54) is 18.2 Å². The molecule has 3 rings (SSSR count). The van der Waals surface area contributed by atoms with Gasteiger partial charge in [-0.1, -0.05) is 36.4 Å². The van der Waals surface area contributed by atoms with Crippen LogP contribution in [0, 0.1) is 11.6 Å². The van der Waals surface area contributed by atoms with E-state index in [0.29, 0.717) is 5.56 Å². The van der Waals surface area contributed by atoms with Gasteiger partial charge in [0.1, 0.15) is 30.7 Å². The Kier molecular flexibility index (Phi) is 7.35. The molecule has 0 fully saturated rings. The molecular formula is C24H22F4N2O2. The third kappa shape index (κ3) is 5.19. The standard InChI is InChI=1S/C24H22F4N2O2/c25-8-9-29-23(32)30-24(14-16-4-2-1-3-5-16,19-11-20(27)13-21(31)12-19)18-6-7-22(28)17(10-18)15-26/h1-7,10-13,31H,8-9,14-15H2,(H2,29,30,32)/t24-/m1/s1. The molecule has 3 N–H and O–H groups in total. The fourth-order valence-corrected chi connectivity index (χ4v) is 3.62. The molecule has 32 heavy (non-hydrogen) atoms. The molecule has 1 atom stereocenters. The summed E-state index contributed by atoms with van der Waals surface area (Å²) in [5.41, 5.74) is -0.667. The summed E-state index contributed by atoms with van der Waals surface area (Å²) in [4.78, 5) is 12.7. The Labute approximate surface area is 182 Å². The van der Waals surface area contributed by atoms with E-state index in [1.807, 2.05) is 0 Å². The molecule has 0 aliphatic rings. The molecule has 168 valence electrons. The van der Waals surface area contributed by atoms with Crippen molar-refractivity contribution in [3.63, 3.8) is 0 Å². The van der Waals surface area contributed by atoms with Gasteiger partial charge in [-0.25, -0.2) is 22.4 Å². The van der Waals surface area contributed by atoms with Crippen LogP contribution in [0.4, 0.5) is 22.4 Å². The summed E-state index contributed by atoms with van der Waals surface area (Å²) in [6.45, 7) is -2.16. The molecule has 0 aliphatic heterocycles. The van der Waals surface area contributed by atoms with Crippen LogP contribution in [0.1, 0.15) is 22.3 Å². The average molecular weight is 446 g/mol. The fraction of sp³-hybridized carbons (Fsp3) is 0.208. The van der Waals surface area contributed by atoms with E-state index in [0.717, 1.165) is 18.2 Å². The molecule has 3 aromatic rings. The first-order chi connectivity index (χ1) is 15.4. The van der Waals surface area contributed by atoms with Gasteiger partial charge in [0.05, 0.1) is 5.54 Å². The molecule has 0 saturated carbocycles. The summed E-state index contributed by atoms with van der Waals surface area (Å²) >= 11 is 0. The lowest BCUT2D eigenvalue weighted by Gasteiger charge is -2.37. The molecule has 0 heterocycles. The molecule has 0 aromatic heterocycles. The number of phenolic OH excluding ortho intramolecular Hbond substituents is 1. The van der Waals surface area contributed by atoms with Gasteiger partial charge < -0.3 is 15.7 Å². The number of urea groups is 1. The quantitative estimate of drug-likeness (QED) is 0.432. The summed E-state index contributed by atoms with van der Waals surface area (Å²) < 4.78 is 54.4. The molecule has 3 aromatic carbocycles. The highest BCUT2D eigenvalue weighted by molar-refractivity contribution is 5.76. The van der Waals surface area contributed by atoms with Crippen LogP contribution in [0.2, 0.25) is 0 Å². The second kappa shape index (κ2) is 10.2. The largest absolute Gasteiger partial charge is 0.508 e. The maximum atomic E-state index is 14.3. The predicted octanol–water partition coefficient (Wildman–Crippen LogP) is 4.89. The first-order valence-corrected chi connectivity index (χ1v) is 9.89. The lowest BCUT2D eigenvalue weighted by Crippen LogP contribution is -2.52. The Morgan fingerprint density at radius 2 is 1.69 bits per heavy atom. The van der Waals surface area contributed by atoms with Crippen LogP contribution < -0.4 is 10.6 Å². The molecule has 0 radical (unpaired) electrons. The predicted molar refractivity (Wildman–Crippen MR) is 113 cm³/mol. The van der Waals surface area contributed by atoms with E-state index >= 15 is 0 Å². The highest BCUT2D eigenvalue weighted by Gasteiger charge is 2.37. The van der Waals surface area contributed by atoms with Crippen LogP contribution in [0.15, 0.2) is 66.7 Å². The van der Waals surface area contributed by atoms with Gasteiger partial charge in [0.25, 0.3) is 0 Å². The van der Waals surface area contributed by atoms with Crippen molar-refractivity contribution in [2.24, 2.45) is 0 Å². The minimum absolute atomic E-state index is 0.0527. The molecule has 0 aliphatic carbocycles. The number of nitrogens with one attached hydrogen (secondary N) is 2. The SMILES string of the molecule is O=C(NCCF)N[C@@](Cc1ccccc1)(c1cc(O)cc(F)c1)c1ccc(F)c(CF)c1. The van der Waals surface area contributed by atoms with Crippen molar-refractivity contribution in [2.75, 3.05) is 13.2 Å². The van der Waals surface area contributed by atoms with Crippen molar-refractivity contribution in [1.29, 1.82) is 0 Å². The zero-order valence-corrected chi connectivity index (χ0v) is 17.0. The number of rotatable bonds is 8. The molecule has 4 nitrogen and oxygen atoms in total. The summed E-state index contributed by atoms with van der Waals surface area (Å²) in [6, 6.07) is 15.0. The van der Waals surface area contributed by atoms with Crippen molar-refractivity contribution in [3.05, 3.63) is 101 Å². The van der Waals surface area contributed by atoms with Crippen LogP contribution in [-0.4, -0.2) is 24.4 Å². The first-order valence-electron chi connectivity index (χ1n) is 9.89. The minimum atomic E-state index is -1.54. The van der Waals surface area contributed by atoms with Gasteiger partial charge in [-0.15, -0.1) is 0 Å². The Balaban J connectivity index is 2.26. The van der Waals surface area contributed by atoms with Crippen LogP contribution in [0.5, 0.6) is 5.75 Å². The number of hydrogen-bond donors (Lipinski definition) is 3. The highest BCUT2D eigenvalue weighted by Crippen LogP contribution is 2.36. The van der Waals surface area contributed by atoms with Crippen LogP contribution >= 0.6 is 0 Å². The van der Waals surface area contributed by atoms with E-state index in [9.17, 15) is 27.5 Å². The number of amides is 2. The third-order valence-electron chi connectivity index (χ3n) is 5.08. The van der Waals surface area contributed by atoms with E-state index in [4.69, 9.17) is 0 Å². The highest BCUT2D eigenvalue weighted by atomic mass is 19.1. The summed E-state index contributed by atoms with van der Waals surface area (Å²) in [5.74, 6) is -1.93. The van der Waals surface area contributed by atoms with Crippen molar-refractivity contribution in [1.82, 2.24) is 10.6 Å². The van der Waals surface area contributed by atoms with Gasteiger partial charge in [-0.05, 0) is 41.0 Å². The number of alkyl halides is 2. The van der Waals surface area contributed by atoms with Crippen LogP contribution in [0.25, 0.3) is 0 Å². The van der Waals surface area contributed by atoms with Gasteiger partial charge in [0, 0.05) is 24.6 Å². The molecule has 0 unspecified atom stereocenters. The van der Waals surface area contributed by atoms with Crippen molar-refractivity contribution >= 4 is 6.03 Å². The Hall–Kier alpha value is -3.55. The minimum Gasteiger partial charge on any atom is -0.508 e. The Morgan fingerprint density at radius 3 is 2.34 bits per heavy atom. The lowest BCUT2D eigenvalue weighted by atomic mass is 9.77. The van der Waals surface area contributed by atoms with Gasteiger partial charge in [-0.2, -0.15) is 0 Å². The van der Waals surface area contributed by atoms with E-state index in [1.54, 1.807) is 30.3 Å². The van der Waals surface area contributed by atoms with Gasteiger partial charge in [0.15, 0.2) is 0 Å². The van der Waals surface area contributed by atoms with Gasteiger partial charge in [-0.3, -0.25) is 0 Å². The van der Waals surface area contributed by atoms with Gasteiger partial charge >= 0.3 is 6.03 Å². The average Bonchev–Trinajstić information content (AvgIpc) is 2.77. The smallest absolute Gasteiger partial charge is 0.315 e. The topological polar surface area (TPSA) is 61.4 Å². The Morgan fingerprint density at radius 1 is 0.938 bits per heavy atom. The Bertz CT molecular complexity index is 1060. The van der Waals surface area contributed by atoms with Crippen molar-refractivity contribution < 1.29 is 27.5 Å². The normalized spacial score (nSPS) is 12.8. The molecular weight excluding hydrogens is 424 g/mol. The monoisotopic (exact) mass is 446 g/mol. The molecule has 0 saturated heterocycles. The molecule has 8 heteroatoms. The molecule has 2 amide bonds. The molecule has 0 bridgehead atoms. The van der Waals surface area contributed by atoms with Crippen molar-refractivity contribution in [2.45, 2.75) is 18.6 Å². The lowest BCUT2D eigenvalue weighted by molar-refractivity contribution is 0.228. The third-order valence-corrected chi connectivity index (χ3v) is 5.08. The number of halogens is 4. The van der Waals surface area contributed by atoms with E-state index in [-0.39, 0.29) is 29.7 Å². The number of carbonyl (C=O) groups excluding carboxylic acids is 1. The molecule has 0 spiro atoms. The number of aromatic hydroxyl groups is 1.